The van der Waals surface area contributed by atoms with Gasteiger partial charge in [-0.15, -0.1) is 0 Å². The van der Waals surface area contributed by atoms with Crippen molar-refractivity contribution in [3.05, 3.63) is 23.0 Å². The molecule has 3 nitrogen and oxygen atoms in total. The number of Topliss-reactive ketones (excluding diaryl/α,β-unsaturated/α-hetero) is 1. The summed E-state index contributed by atoms with van der Waals surface area (Å²) in [6.45, 7) is 7.60. The minimum absolute atomic E-state index is 0. The largest absolute Gasteiger partial charge is 1.00 e. The summed E-state index contributed by atoms with van der Waals surface area (Å²) < 4.78 is 8.11. The molecule has 0 aromatic rings. The van der Waals surface area contributed by atoms with E-state index in [-0.39, 0.29) is 23.2 Å². The predicted molar refractivity (Wildman–Crippen MR) is 109 cm³/mol. The monoisotopic (exact) mass is 405 g/mol. The van der Waals surface area contributed by atoms with Crippen molar-refractivity contribution < 1.29 is 26.5 Å². The Bertz CT molecular complexity index is 748. The van der Waals surface area contributed by atoms with Gasteiger partial charge in [-0.05, 0) is 73.8 Å². The van der Waals surface area contributed by atoms with Crippen LogP contribution in [0.1, 0.15) is 65.7 Å². The van der Waals surface area contributed by atoms with Crippen molar-refractivity contribution in [2.75, 3.05) is 20.7 Å². The number of halogens is 1. The maximum absolute atomic E-state index is 12.7. The van der Waals surface area contributed by atoms with Gasteiger partial charge in [-0.1, -0.05) is 13.8 Å². The molecule has 0 radical (unpaired) electrons. The van der Waals surface area contributed by atoms with Gasteiger partial charge in [-0.25, -0.2) is 4.58 Å². The third kappa shape index (κ3) is 3.18. The Labute approximate surface area is 176 Å². The summed E-state index contributed by atoms with van der Waals surface area (Å²) in [5, 5.41) is 0. The van der Waals surface area contributed by atoms with Crippen molar-refractivity contribution in [2.24, 2.45) is 28.6 Å². The molecule has 28 heavy (non-hydrogen) atoms. The number of nitrogens with zero attached hydrogens (tertiary/aromatic N) is 1. The summed E-state index contributed by atoms with van der Waals surface area (Å²) in [5.41, 5.74) is 3.15. The number of hydrogen-bond donors (Lipinski definition) is 0. The number of hydrogen-bond acceptors (Lipinski definition) is 2. The molecule has 0 bridgehead atoms. The molecule has 0 aromatic heterocycles. The zero-order chi connectivity index (χ0) is 19.4. The van der Waals surface area contributed by atoms with E-state index in [1.807, 2.05) is 0 Å². The number of carbonyl (C=O) groups excluding carboxylic acids is 1. The van der Waals surface area contributed by atoms with Gasteiger partial charge in [0.15, 0.2) is 6.21 Å². The second kappa shape index (κ2) is 7.63. The van der Waals surface area contributed by atoms with Gasteiger partial charge in [0.1, 0.15) is 19.9 Å². The van der Waals surface area contributed by atoms with E-state index in [0.29, 0.717) is 23.5 Å². The lowest BCUT2D eigenvalue weighted by Crippen LogP contribution is -3.00. The van der Waals surface area contributed by atoms with Gasteiger partial charge in [0.2, 0.25) is 0 Å². The molecule has 0 unspecified atom stereocenters. The first-order chi connectivity index (χ1) is 12.8. The third-order valence-electron chi connectivity index (χ3n) is 8.32. The number of ketones is 1. The summed E-state index contributed by atoms with van der Waals surface area (Å²) >= 11 is 0. The van der Waals surface area contributed by atoms with Gasteiger partial charge in [-0.2, -0.15) is 0 Å². The summed E-state index contributed by atoms with van der Waals surface area (Å²) in [4.78, 5) is 12.7. The van der Waals surface area contributed by atoms with E-state index in [4.69, 9.17) is 4.74 Å². The lowest BCUT2D eigenvalue weighted by atomic mass is 9.47. The summed E-state index contributed by atoms with van der Waals surface area (Å²) in [5.74, 6) is 3.62. The molecule has 4 aliphatic carbocycles. The van der Waals surface area contributed by atoms with Gasteiger partial charge in [0.05, 0.1) is 12.4 Å². The molecule has 0 saturated heterocycles. The number of carbonyl (C=O) groups is 1. The molecule has 156 valence electrons. The topological polar surface area (TPSA) is 29.3 Å². The molecule has 4 aliphatic rings. The standard InChI is InChI=1S/C24H36NO2.ClH/c1-6-27-17-9-11-23(2)20-10-12-24(3)19(7-8-22(24)26)18(20)13-16(15-25(4)5)21(23)14-17;/h14-15,18-20H,6-13H2,1-5H3;1H/q+1;/p-1/t18-,19-,20-,23+,24-;/m0./s1. The highest BCUT2D eigenvalue weighted by Crippen LogP contribution is 2.64. The number of allylic oxidation sites excluding steroid dienone is 4. The Balaban J connectivity index is 0.00000225. The first-order valence-electron chi connectivity index (χ1n) is 10.9. The highest BCUT2D eigenvalue weighted by atomic mass is 35.5. The average Bonchev–Trinajstić information content (AvgIpc) is 2.91. The van der Waals surface area contributed by atoms with E-state index in [9.17, 15) is 4.79 Å². The van der Waals surface area contributed by atoms with Crippen LogP contribution in [-0.2, 0) is 9.53 Å². The van der Waals surface area contributed by atoms with E-state index < -0.39 is 0 Å². The van der Waals surface area contributed by atoms with Gasteiger partial charge < -0.3 is 17.1 Å². The minimum atomic E-state index is -0.0563. The van der Waals surface area contributed by atoms with Crippen LogP contribution in [0.4, 0.5) is 0 Å². The molecule has 2 fully saturated rings. The average molecular weight is 406 g/mol. The number of fused-ring (bicyclic) bond motifs is 5. The lowest BCUT2D eigenvalue weighted by molar-refractivity contribution is -0.459. The molecule has 2 saturated carbocycles. The van der Waals surface area contributed by atoms with Crippen LogP contribution in [0.5, 0.6) is 0 Å². The first kappa shape index (κ1) is 21.6. The van der Waals surface area contributed by atoms with Crippen LogP contribution < -0.4 is 12.4 Å². The van der Waals surface area contributed by atoms with Crippen molar-refractivity contribution in [1.29, 1.82) is 0 Å². The van der Waals surface area contributed by atoms with E-state index in [2.05, 4.69) is 51.7 Å². The van der Waals surface area contributed by atoms with Crippen molar-refractivity contribution in [2.45, 2.75) is 65.7 Å². The van der Waals surface area contributed by atoms with Gasteiger partial charge in [-0.3, -0.25) is 4.79 Å². The SMILES string of the molecule is CCOC1=CC2=C(C=[N+](C)C)C[C@@H]3[C@H](CC[C@]4(C)C(=O)CC[C@@H]34)[C@@]2(C)CC1.[Cl-]. The first-order valence-corrected chi connectivity index (χ1v) is 10.9. The van der Waals surface area contributed by atoms with E-state index >= 15 is 0 Å². The van der Waals surface area contributed by atoms with Crippen LogP contribution in [0.2, 0.25) is 0 Å². The van der Waals surface area contributed by atoms with Crippen LogP contribution in [0.25, 0.3) is 0 Å². The molecular formula is C24H36ClNO2. The smallest absolute Gasteiger partial charge is 0.166 e. The molecule has 0 aliphatic heterocycles. The zero-order valence-electron chi connectivity index (χ0n) is 18.2. The van der Waals surface area contributed by atoms with Crippen molar-refractivity contribution >= 4 is 12.0 Å². The van der Waals surface area contributed by atoms with Crippen LogP contribution in [0.3, 0.4) is 0 Å². The molecule has 5 atom stereocenters. The van der Waals surface area contributed by atoms with Crippen molar-refractivity contribution in [3.63, 3.8) is 0 Å². The van der Waals surface area contributed by atoms with Crippen molar-refractivity contribution in [1.82, 2.24) is 0 Å². The van der Waals surface area contributed by atoms with E-state index in [1.165, 1.54) is 24.0 Å². The lowest BCUT2D eigenvalue weighted by Gasteiger charge is -2.56. The second-order valence-electron chi connectivity index (χ2n) is 9.99. The van der Waals surface area contributed by atoms with E-state index in [1.54, 1.807) is 0 Å². The summed E-state index contributed by atoms with van der Waals surface area (Å²) in [6, 6.07) is 0. The summed E-state index contributed by atoms with van der Waals surface area (Å²) in [7, 11) is 4.24. The predicted octanol–water partition coefficient (Wildman–Crippen LogP) is 1.77. The van der Waals surface area contributed by atoms with Crippen LogP contribution in [0.15, 0.2) is 23.0 Å². The number of ether oxygens (including phenoxy) is 1. The fourth-order valence-electron chi connectivity index (χ4n) is 6.99. The van der Waals surface area contributed by atoms with Crippen LogP contribution >= 0.6 is 0 Å². The Hall–Kier alpha value is -1.09. The molecule has 0 amide bonds. The van der Waals surface area contributed by atoms with Gasteiger partial charge >= 0.3 is 0 Å². The Morgan fingerprint density at radius 1 is 1.14 bits per heavy atom. The van der Waals surface area contributed by atoms with Gasteiger partial charge in [0.25, 0.3) is 0 Å². The Morgan fingerprint density at radius 3 is 2.54 bits per heavy atom. The molecule has 4 rings (SSSR count). The van der Waals surface area contributed by atoms with Crippen molar-refractivity contribution in [3.8, 4) is 0 Å². The quantitative estimate of drug-likeness (QED) is 0.529. The fourth-order valence-corrected chi connectivity index (χ4v) is 6.99. The molecule has 4 heteroatoms. The number of rotatable bonds is 3. The van der Waals surface area contributed by atoms with E-state index in [0.717, 1.165) is 44.5 Å². The second-order valence-corrected chi connectivity index (χ2v) is 9.99. The van der Waals surface area contributed by atoms with Gasteiger partial charge in [0, 0.05) is 23.8 Å². The zero-order valence-corrected chi connectivity index (χ0v) is 18.9. The van der Waals surface area contributed by atoms with Crippen LogP contribution in [0, 0.1) is 28.6 Å². The summed E-state index contributed by atoms with van der Waals surface area (Å²) in [6.07, 6.45) is 12.3. The molecule has 0 aromatic carbocycles. The maximum atomic E-state index is 12.7. The highest BCUT2D eigenvalue weighted by Gasteiger charge is 2.59. The minimum Gasteiger partial charge on any atom is -1.00 e. The molecule has 0 N–H and O–H groups in total. The van der Waals surface area contributed by atoms with Crippen LogP contribution in [-0.4, -0.2) is 37.3 Å². The Morgan fingerprint density at radius 2 is 1.86 bits per heavy atom. The molecular weight excluding hydrogens is 370 g/mol. The molecule has 0 spiro atoms. The third-order valence-corrected chi connectivity index (χ3v) is 8.32. The normalized spacial score (nSPS) is 39.2. The fraction of sp³-hybridized carbons (Fsp3) is 0.750. The highest BCUT2D eigenvalue weighted by molar-refractivity contribution is 5.87. The maximum Gasteiger partial charge on any atom is 0.166 e. The Kier molecular flexibility index (Phi) is 5.89. The molecule has 0 heterocycles.